The Morgan fingerprint density at radius 3 is 2.77 bits per heavy atom. The fourth-order valence-corrected chi connectivity index (χ4v) is 4.00. The number of nitrogens with zero attached hydrogens (tertiary/aromatic N) is 2. The fraction of sp³-hybridized carbons (Fsp3) is 0.941. The van der Waals surface area contributed by atoms with E-state index >= 15 is 0 Å². The van der Waals surface area contributed by atoms with Gasteiger partial charge in [0.05, 0.1) is 12.6 Å². The molecule has 2 atom stereocenters. The zero-order valence-corrected chi connectivity index (χ0v) is 14.0. The Balaban J connectivity index is 1.46. The Morgan fingerprint density at radius 1 is 1.18 bits per heavy atom. The summed E-state index contributed by atoms with van der Waals surface area (Å²) < 4.78 is 5.67. The Labute approximate surface area is 134 Å². The first-order valence-corrected chi connectivity index (χ1v) is 9.25. The zero-order chi connectivity index (χ0) is 15.2. The summed E-state index contributed by atoms with van der Waals surface area (Å²) in [6.45, 7) is 7.15. The summed E-state index contributed by atoms with van der Waals surface area (Å²) in [5.41, 5.74) is 0. The minimum absolute atomic E-state index is 0.328. The molecule has 2 saturated heterocycles. The minimum Gasteiger partial charge on any atom is -0.376 e. The molecule has 0 aromatic rings. The lowest BCUT2D eigenvalue weighted by Crippen LogP contribution is -2.45. The molecule has 2 unspecified atom stereocenters. The van der Waals surface area contributed by atoms with Crippen LogP contribution in [0, 0.1) is 0 Å². The Bertz CT molecular complexity index is 362. The van der Waals surface area contributed by atoms with Gasteiger partial charge >= 0.3 is 0 Å². The van der Waals surface area contributed by atoms with E-state index in [1.54, 1.807) is 0 Å². The van der Waals surface area contributed by atoms with Crippen molar-refractivity contribution in [3.05, 3.63) is 0 Å². The van der Waals surface area contributed by atoms with Crippen molar-refractivity contribution in [3.8, 4) is 0 Å². The van der Waals surface area contributed by atoms with Crippen molar-refractivity contribution in [3.63, 3.8) is 0 Å². The predicted octanol–water partition coefficient (Wildman–Crippen LogP) is 1.74. The van der Waals surface area contributed by atoms with E-state index in [2.05, 4.69) is 22.5 Å². The molecule has 0 bridgehead atoms. The van der Waals surface area contributed by atoms with E-state index in [0.717, 1.165) is 38.1 Å². The van der Waals surface area contributed by atoms with Crippen LogP contribution >= 0.6 is 0 Å². The van der Waals surface area contributed by atoms with E-state index in [0.29, 0.717) is 12.1 Å². The summed E-state index contributed by atoms with van der Waals surface area (Å²) in [7, 11) is 0. The van der Waals surface area contributed by atoms with E-state index in [-0.39, 0.29) is 0 Å². The number of hydrogen-bond acceptors (Lipinski definition) is 3. The van der Waals surface area contributed by atoms with Crippen LogP contribution in [0.5, 0.6) is 0 Å². The quantitative estimate of drug-likeness (QED) is 0.600. The van der Waals surface area contributed by atoms with Crippen molar-refractivity contribution < 1.29 is 4.74 Å². The predicted molar refractivity (Wildman–Crippen MR) is 90.3 cm³/mol. The third kappa shape index (κ3) is 4.35. The highest BCUT2D eigenvalue weighted by atomic mass is 16.5. The molecular formula is C17H32N4O. The van der Waals surface area contributed by atoms with Gasteiger partial charge in [0.2, 0.25) is 0 Å². The van der Waals surface area contributed by atoms with E-state index in [1.165, 1.54) is 51.6 Å². The van der Waals surface area contributed by atoms with Gasteiger partial charge in [-0.3, -0.25) is 9.89 Å². The molecule has 2 heterocycles. The van der Waals surface area contributed by atoms with Gasteiger partial charge in [-0.05, 0) is 39.0 Å². The molecule has 0 spiro atoms. The molecule has 3 aliphatic rings. The Morgan fingerprint density at radius 2 is 2.05 bits per heavy atom. The van der Waals surface area contributed by atoms with Crippen LogP contribution in [0.4, 0.5) is 0 Å². The maximum absolute atomic E-state index is 5.67. The molecule has 1 saturated carbocycles. The summed E-state index contributed by atoms with van der Waals surface area (Å²) in [5, 5.41) is 7.02. The number of hydrogen-bond donors (Lipinski definition) is 2. The van der Waals surface area contributed by atoms with E-state index in [4.69, 9.17) is 9.73 Å². The first-order chi connectivity index (χ1) is 10.8. The number of guanidine groups is 1. The molecule has 5 heteroatoms. The molecule has 0 aromatic carbocycles. The number of likely N-dealkylation sites (tertiary alicyclic amines) is 1. The maximum Gasteiger partial charge on any atom is 0.191 e. The molecule has 126 valence electrons. The molecule has 0 aromatic heterocycles. The standard InChI is InChI=1S/C17H32N4O/c1-2-18-17(19-12-16-8-5-11-22-16)20-14-9-10-21(13-14)15-6-3-4-7-15/h14-16H,2-13H2,1H3,(H2,18,19,20). The molecule has 2 aliphatic heterocycles. The second-order valence-corrected chi connectivity index (χ2v) is 6.92. The summed E-state index contributed by atoms with van der Waals surface area (Å²) in [4.78, 5) is 7.42. The van der Waals surface area contributed by atoms with Crippen LogP contribution in [-0.4, -0.2) is 61.8 Å². The third-order valence-electron chi connectivity index (χ3n) is 5.22. The van der Waals surface area contributed by atoms with Crippen LogP contribution in [0.3, 0.4) is 0 Å². The summed E-state index contributed by atoms with van der Waals surface area (Å²) in [5.74, 6) is 0.969. The second-order valence-electron chi connectivity index (χ2n) is 6.92. The number of nitrogens with one attached hydrogen (secondary N) is 2. The lowest BCUT2D eigenvalue weighted by atomic mass is 10.2. The molecular weight excluding hydrogens is 276 g/mol. The Kier molecular flexibility index (Phi) is 5.96. The highest BCUT2D eigenvalue weighted by molar-refractivity contribution is 5.80. The largest absolute Gasteiger partial charge is 0.376 e. The lowest BCUT2D eigenvalue weighted by molar-refractivity contribution is 0.117. The topological polar surface area (TPSA) is 48.9 Å². The van der Waals surface area contributed by atoms with E-state index in [9.17, 15) is 0 Å². The van der Waals surface area contributed by atoms with E-state index in [1.807, 2.05) is 0 Å². The first-order valence-electron chi connectivity index (χ1n) is 9.25. The van der Waals surface area contributed by atoms with Gasteiger partial charge in [-0.2, -0.15) is 0 Å². The summed E-state index contributed by atoms with van der Waals surface area (Å²) in [6.07, 6.45) is 9.55. The van der Waals surface area contributed by atoms with Crippen LogP contribution < -0.4 is 10.6 Å². The van der Waals surface area contributed by atoms with Gasteiger partial charge < -0.3 is 15.4 Å². The average Bonchev–Trinajstić information content (AvgIpc) is 3.26. The van der Waals surface area contributed by atoms with Gasteiger partial charge in [0.1, 0.15) is 0 Å². The van der Waals surface area contributed by atoms with Crippen molar-refractivity contribution in [2.45, 2.75) is 70.1 Å². The van der Waals surface area contributed by atoms with Gasteiger partial charge in [0, 0.05) is 38.3 Å². The zero-order valence-electron chi connectivity index (χ0n) is 14.0. The van der Waals surface area contributed by atoms with E-state index < -0.39 is 0 Å². The van der Waals surface area contributed by atoms with Gasteiger partial charge in [-0.1, -0.05) is 12.8 Å². The smallest absolute Gasteiger partial charge is 0.191 e. The van der Waals surface area contributed by atoms with Crippen molar-refractivity contribution in [2.24, 2.45) is 4.99 Å². The van der Waals surface area contributed by atoms with Crippen LogP contribution in [0.25, 0.3) is 0 Å². The maximum atomic E-state index is 5.67. The van der Waals surface area contributed by atoms with Crippen molar-refractivity contribution >= 4 is 5.96 Å². The molecule has 2 N–H and O–H groups in total. The van der Waals surface area contributed by atoms with Crippen molar-refractivity contribution in [2.75, 3.05) is 32.8 Å². The fourth-order valence-electron chi connectivity index (χ4n) is 4.00. The van der Waals surface area contributed by atoms with Crippen LogP contribution in [0.15, 0.2) is 4.99 Å². The number of aliphatic imine (C=N–C) groups is 1. The molecule has 0 amide bonds. The van der Waals surface area contributed by atoms with Gasteiger partial charge in [0.25, 0.3) is 0 Å². The van der Waals surface area contributed by atoms with Crippen molar-refractivity contribution in [1.82, 2.24) is 15.5 Å². The molecule has 0 radical (unpaired) electrons. The lowest BCUT2D eigenvalue weighted by Gasteiger charge is -2.24. The van der Waals surface area contributed by atoms with Crippen LogP contribution in [0.2, 0.25) is 0 Å². The van der Waals surface area contributed by atoms with Crippen LogP contribution in [0.1, 0.15) is 51.9 Å². The number of rotatable bonds is 5. The van der Waals surface area contributed by atoms with Crippen LogP contribution in [-0.2, 0) is 4.74 Å². The minimum atomic E-state index is 0.328. The van der Waals surface area contributed by atoms with Gasteiger partial charge in [-0.25, -0.2) is 0 Å². The average molecular weight is 308 g/mol. The Hall–Kier alpha value is -0.810. The molecule has 5 nitrogen and oxygen atoms in total. The first kappa shape index (κ1) is 16.1. The molecule has 3 fully saturated rings. The molecule has 1 aliphatic carbocycles. The monoisotopic (exact) mass is 308 g/mol. The third-order valence-corrected chi connectivity index (χ3v) is 5.22. The van der Waals surface area contributed by atoms with Gasteiger partial charge in [0.15, 0.2) is 5.96 Å². The van der Waals surface area contributed by atoms with Gasteiger partial charge in [-0.15, -0.1) is 0 Å². The summed E-state index contributed by atoms with van der Waals surface area (Å²) in [6, 6.07) is 1.39. The normalized spacial score (nSPS) is 31.0. The SMILES string of the molecule is CCNC(=NCC1CCCO1)NC1CCN(C2CCCC2)C1. The summed E-state index contributed by atoms with van der Waals surface area (Å²) >= 11 is 0. The van der Waals surface area contributed by atoms with Crippen molar-refractivity contribution in [1.29, 1.82) is 0 Å². The molecule has 22 heavy (non-hydrogen) atoms. The highest BCUT2D eigenvalue weighted by Crippen LogP contribution is 2.26. The molecule has 3 rings (SSSR count). The highest BCUT2D eigenvalue weighted by Gasteiger charge is 2.30. The number of ether oxygens (including phenoxy) is 1. The second kappa shape index (κ2) is 8.16.